The zero-order valence-electron chi connectivity index (χ0n) is 9.57. The number of benzene rings is 1. The van der Waals surface area contributed by atoms with Crippen molar-refractivity contribution >= 4 is 7.82 Å². The maximum atomic E-state index is 11.4. The summed E-state index contributed by atoms with van der Waals surface area (Å²) in [6.45, 7) is 1.61. The lowest BCUT2D eigenvalue weighted by Gasteiger charge is -2.15. The van der Waals surface area contributed by atoms with Gasteiger partial charge in [-0.25, -0.2) is 9.09 Å². The molecule has 0 amide bonds. The average Bonchev–Trinajstić information content (AvgIpc) is 2.28. The van der Waals surface area contributed by atoms with Crippen molar-refractivity contribution in [2.24, 2.45) is 0 Å². The minimum absolute atomic E-state index is 0.153. The van der Waals surface area contributed by atoms with Crippen molar-refractivity contribution in [3.63, 3.8) is 0 Å². The Kier molecular flexibility index (Phi) is 4.96. The van der Waals surface area contributed by atoms with Gasteiger partial charge in [0.25, 0.3) is 0 Å². The smallest absolute Gasteiger partial charge is 0.497 e. The van der Waals surface area contributed by atoms with E-state index in [4.69, 9.17) is 14.4 Å². The number of hydrogen-bond acceptors (Lipinski definition) is 5. The first-order valence-corrected chi connectivity index (χ1v) is 6.49. The zero-order chi connectivity index (χ0) is 12.9. The van der Waals surface area contributed by atoms with Crippen LogP contribution in [0.25, 0.3) is 0 Å². The van der Waals surface area contributed by atoms with Crippen molar-refractivity contribution in [2.45, 2.75) is 19.6 Å². The molecular formula is C10H15O6P. The van der Waals surface area contributed by atoms with E-state index in [0.29, 0.717) is 5.75 Å². The number of aliphatic hydroxyl groups is 1. The number of aliphatic hydroxyl groups excluding tert-OH is 1. The molecular weight excluding hydrogens is 247 g/mol. The maximum absolute atomic E-state index is 11.4. The van der Waals surface area contributed by atoms with Gasteiger partial charge in [0.15, 0.2) is 6.29 Å². The van der Waals surface area contributed by atoms with Gasteiger partial charge < -0.3 is 14.4 Å². The first kappa shape index (κ1) is 14.0. The van der Waals surface area contributed by atoms with Crippen LogP contribution in [-0.2, 0) is 9.09 Å². The monoisotopic (exact) mass is 262 g/mol. The lowest BCUT2D eigenvalue weighted by atomic mass is 10.3. The summed E-state index contributed by atoms with van der Waals surface area (Å²) in [6, 6.07) is 6.07. The average molecular weight is 262 g/mol. The van der Waals surface area contributed by atoms with E-state index in [1.165, 1.54) is 19.2 Å². The van der Waals surface area contributed by atoms with Crippen LogP contribution in [0.15, 0.2) is 24.3 Å². The third-order valence-electron chi connectivity index (χ3n) is 1.88. The van der Waals surface area contributed by atoms with Gasteiger partial charge in [-0.15, -0.1) is 0 Å². The van der Waals surface area contributed by atoms with Crippen LogP contribution in [0.2, 0.25) is 0 Å². The normalized spacial score (nSPS) is 16.0. The van der Waals surface area contributed by atoms with Crippen molar-refractivity contribution in [3.8, 4) is 11.5 Å². The second kappa shape index (κ2) is 6.02. The second-order valence-electron chi connectivity index (χ2n) is 3.20. The highest BCUT2D eigenvalue weighted by molar-refractivity contribution is 7.47. The van der Waals surface area contributed by atoms with E-state index < -0.39 is 14.1 Å². The Bertz CT molecular complexity index is 390. The quantitative estimate of drug-likeness (QED) is 0.601. The fourth-order valence-electron chi connectivity index (χ4n) is 1.02. The van der Waals surface area contributed by atoms with E-state index in [-0.39, 0.29) is 12.2 Å². The molecule has 1 aromatic rings. The van der Waals surface area contributed by atoms with E-state index in [2.05, 4.69) is 4.52 Å². The number of phosphoric acid groups is 1. The van der Waals surface area contributed by atoms with E-state index in [1.807, 2.05) is 0 Å². The summed E-state index contributed by atoms with van der Waals surface area (Å²) >= 11 is 0. The molecule has 17 heavy (non-hydrogen) atoms. The molecule has 0 bridgehead atoms. The fraction of sp³-hybridized carbons (Fsp3) is 0.400. The molecule has 0 heterocycles. The molecule has 0 aliphatic carbocycles. The number of hydrogen-bond donors (Lipinski definition) is 2. The maximum Gasteiger partial charge on any atom is 0.529 e. The molecule has 0 saturated heterocycles. The molecule has 2 N–H and O–H groups in total. The summed E-state index contributed by atoms with van der Waals surface area (Å²) in [6.07, 6.45) is -1.14. The largest absolute Gasteiger partial charge is 0.529 e. The van der Waals surface area contributed by atoms with Gasteiger partial charge in [0.2, 0.25) is 0 Å². The third-order valence-corrected chi connectivity index (χ3v) is 2.84. The minimum atomic E-state index is -4.30. The lowest BCUT2D eigenvalue weighted by Crippen LogP contribution is -2.10. The number of methoxy groups -OCH3 is 1. The fourth-order valence-corrected chi connectivity index (χ4v) is 1.91. The number of ether oxygens (including phenoxy) is 1. The predicted octanol–water partition coefficient (Wildman–Crippen LogP) is 1.92. The van der Waals surface area contributed by atoms with Gasteiger partial charge in [0.05, 0.1) is 7.11 Å². The topological polar surface area (TPSA) is 85.2 Å². The molecule has 96 valence electrons. The molecule has 2 unspecified atom stereocenters. The highest BCUT2D eigenvalue weighted by Crippen LogP contribution is 2.45. The van der Waals surface area contributed by atoms with Crippen molar-refractivity contribution in [3.05, 3.63) is 24.3 Å². The summed E-state index contributed by atoms with van der Waals surface area (Å²) in [5, 5.41) is 9.10. The van der Waals surface area contributed by atoms with Gasteiger partial charge in [0, 0.05) is 0 Å². The molecule has 0 aromatic heterocycles. The first-order chi connectivity index (χ1) is 7.96. The molecule has 7 heteroatoms. The molecule has 0 aliphatic heterocycles. The van der Waals surface area contributed by atoms with Crippen molar-refractivity contribution < 1.29 is 28.3 Å². The summed E-state index contributed by atoms with van der Waals surface area (Å²) in [7, 11) is -2.79. The van der Waals surface area contributed by atoms with Crippen LogP contribution in [0.5, 0.6) is 11.5 Å². The number of phosphoric ester groups is 1. The Balaban J connectivity index is 2.65. The Morgan fingerprint density at radius 2 is 1.82 bits per heavy atom. The molecule has 0 aliphatic rings. The van der Waals surface area contributed by atoms with Gasteiger partial charge in [-0.1, -0.05) is 6.92 Å². The van der Waals surface area contributed by atoms with Crippen LogP contribution >= 0.6 is 7.82 Å². The molecule has 0 saturated carbocycles. The summed E-state index contributed by atoms with van der Waals surface area (Å²) in [5.41, 5.74) is 0. The first-order valence-electron chi connectivity index (χ1n) is 4.99. The van der Waals surface area contributed by atoms with E-state index >= 15 is 0 Å². The van der Waals surface area contributed by atoms with Gasteiger partial charge in [0.1, 0.15) is 11.5 Å². The highest BCUT2D eigenvalue weighted by atomic mass is 31.2. The molecule has 0 radical (unpaired) electrons. The summed E-state index contributed by atoms with van der Waals surface area (Å²) in [4.78, 5) is 9.32. The van der Waals surface area contributed by atoms with Crippen LogP contribution in [-0.4, -0.2) is 23.4 Å². The standard InChI is InChI=1S/C10H15O6P/c1-3-10(11)16-17(12,13)15-9-6-4-8(14-2)5-7-9/h4-7,10-11H,3H2,1-2H3,(H,12,13). The van der Waals surface area contributed by atoms with E-state index in [9.17, 15) is 9.46 Å². The van der Waals surface area contributed by atoms with Crippen LogP contribution < -0.4 is 9.26 Å². The summed E-state index contributed by atoms with van der Waals surface area (Å²) < 4.78 is 25.6. The SMILES string of the molecule is CCC(O)OP(=O)(O)Oc1ccc(OC)cc1. The Morgan fingerprint density at radius 3 is 2.29 bits per heavy atom. The Labute approximate surface area is 99.4 Å². The summed E-state index contributed by atoms with van der Waals surface area (Å²) in [5.74, 6) is 0.750. The minimum Gasteiger partial charge on any atom is -0.497 e. The Hall–Kier alpha value is -1.07. The molecule has 0 spiro atoms. The number of rotatable bonds is 6. The second-order valence-corrected chi connectivity index (χ2v) is 4.53. The highest BCUT2D eigenvalue weighted by Gasteiger charge is 2.26. The molecule has 0 fully saturated rings. The zero-order valence-corrected chi connectivity index (χ0v) is 10.5. The lowest BCUT2D eigenvalue weighted by molar-refractivity contribution is -0.0362. The van der Waals surface area contributed by atoms with E-state index in [0.717, 1.165) is 0 Å². The molecule has 1 aromatic carbocycles. The van der Waals surface area contributed by atoms with Crippen LogP contribution in [0.3, 0.4) is 0 Å². The van der Waals surface area contributed by atoms with Gasteiger partial charge in [-0.05, 0) is 30.7 Å². The van der Waals surface area contributed by atoms with Crippen molar-refractivity contribution in [2.75, 3.05) is 7.11 Å². The Morgan fingerprint density at radius 1 is 1.29 bits per heavy atom. The van der Waals surface area contributed by atoms with Crippen LogP contribution in [0.1, 0.15) is 13.3 Å². The molecule has 1 rings (SSSR count). The van der Waals surface area contributed by atoms with Gasteiger partial charge in [-0.3, -0.25) is 4.89 Å². The predicted molar refractivity (Wildman–Crippen MR) is 60.8 cm³/mol. The van der Waals surface area contributed by atoms with Gasteiger partial charge in [-0.2, -0.15) is 0 Å². The van der Waals surface area contributed by atoms with Crippen LogP contribution in [0, 0.1) is 0 Å². The third kappa shape index (κ3) is 4.75. The van der Waals surface area contributed by atoms with Crippen LogP contribution in [0.4, 0.5) is 0 Å². The molecule has 2 atom stereocenters. The molecule has 6 nitrogen and oxygen atoms in total. The van der Waals surface area contributed by atoms with Gasteiger partial charge >= 0.3 is 7.82 Å². The van der Waals surface area contributed by atoms with E-state index in [1.54, 1.807) is 19.1 Å². The van der Waals surface area contributed by atoms with Crippen molar-refractivity contribution in [1.29, 1.82) is 0 Å². The van der Waals surface area contributed by atoms with Crippen molar-refractivity contribution in [1.82, 2.24) is 0 Å².